The average Bonchev–Trinajstić information content (AvgIpc) is 2.46. The van der Waals surface area contributed by atoms with Gasteiger partial charge in [-0.3, -0.25) is 4.79 Å². The minimum absolute atomic E-state index is 0.141. The van der Waals surface area contributed by atoms with E-state index in [-0.39, 0.29) is 12.0 Å². The van der Waals surface area contributed by atoms with E-state index in [9.17, 15) is 4.79 Å². The van der Waals surface area contributed by atoms with Crippen LogP contribution in [-0.4, -0.2) is 30.0 Å². The van der Waals surface area contributed by atoms with Crippen LogP contribution in [0, 0.1) is 12.8 Å². The summed E-state index contributed by atoms with van der Waals surface area (Å²) in [6, 6.07) is 7.87. The molecule has 0 saturated carbocycles. The molecule has 1 saturated heterocycles. The summed E-state index contributed by atoms with van der Waals surface area (Å²) < 4.78 is 5.95. The third-order valence-corrected chi connectivity index (χ3v) is 3.98. The van der Waals surface area contributed by atoms with Gasteiger partial charge in [-0.25, -0.2) is 0 Å². The molecule has 1 amide bonds. The Balaban J connectivity index is 2.04. The number of nitrogens with zero attached hydrogens (tertiary/aromatic N) is 1. The van der Waals surface area contributed by atoms with Gasteiger partial charge in [-0.05, 0) is 43.7 Å². The van der Waals surface area contributed by atoms with Crippen molar-refractivity contribution < 1.29 is 9.53 Å². The van der Waals surface area contributed by atoms with Crippen LogP contribution >= 0.6 is 0 Å². The van der Waals surface area contributed by atoms with Crippen molar-refractivity contribution in [2.45, 2.75) is 46.1 Å². The molecule has 1 aromatic carbocycles. The van der Waals surface area contributed by atoms with Gasteiger partial charge in [0.25, 0.3) is 5.91 Å². The smallest absolute Gasteiger partial charge is 0.263 e. The van der Waals surface area contributed by atoms with Crippen molar-refractivity contribution in [1.82, 2.24) is 4.90 Å². The lowest BCUT2D eigenvalue weighted by Gasteiger charge is -2.33. The van der Waals surface area contributed by atoms with Gasteiger partial charge in [0.15, 0.2) is 6.10 Å². The van der Waals surface area contributed by atoms with Crippen LogP contribution < -0.4 is 4.74 Å². The largest absolute Gasteiger partial charge is 0.480 e. The van der Waals surface area contributed by atoms with E-state index in [1.165, 1.54) is 6.42 Å². The highest BCUT2D eigenvalue weighted by Crippen LogP contribution is 2.22. The fraction of sp³-hybridized carbons (Fsp3) is 0.588. The van der Waals surface area contributed by atoms with Crippen LogP contribution in [0.5, 0.6) is 5.75 Å². The van der Waals surface area contributed by atoms with Gasteiger partial charge < -0.3 is 9.64 Å². The number of para-hydroxylation sites is 1. The predicted molar refractivity (Wildman–Crippen MR) is 80.9 cm³/mol. The number of hydrogen-bond acceptors (Lipinski definition) is 2. The van der Waals surface area contributed by atoms with E-state index in [2.05, 4.69) is 6.92 Å². The number of aryl methyl sites for hydroxylation is 1. The highest BCUT2D eigenvalue weighted by atomic mass is 16.5. The van der Waals surface area contributed by atoms with Gasteiger partial charge >= 0.3 is 0 Å². The van der Waals surface area contributed by atoms with Crippen LogP contribution in [0.3, 0.4) is 0 Å². The summed E-state index contributed by atoms with van der Waals surface area (Å²) in [4.78, 5) is 14.6. The molecule has 1 heterocycles. The lowest BCUT2D eigenvalue weighted by molar-refractivity contribution is -0.140. The number of amides is 1. The third-order valence-electron chi connectivity index (χ3n) is 3.98. The number of ether oxygens (including phenoxy) is 1. The van der Waals surface area contributed by atoms with Crippen LogP contribution in [0.25, 0.3) is 0 Å². The second-order valence-electron chi connectivity index (χ2n) is 5.81. The molecule has 0 unspecified atom stereocenters. The first-order valence-electron chi connectivity index (χ1n) is 7.63. The zero-order valence-electron chi connectivity index (χ0n) is 12.8. The topological polar surface area (TPSA) is 29.5 Å². The molecular formula is C17H25NO2. The maximum Gasteiger partial charge on any atom is 0.263 e. The van der Waals surface area contributed by atoms with Crippen LogP contribution in [-0.2, 0) is 4.79 Å². The summed E-state index contributed by atoms with van der Waals surface area (Å²) in [5, 5.41) is 0. The van der Waals surface area contributed by atoms with Crippen molar-refractivity contribution in [1.29, 1.82) is 0 Å². The van der Waals surface area contributed by atoms with Crippen molar-refractivity contribution >= 4 is 5.91 Å². The summed E-state index contributed by atoms with van der Waals surface area (Å²) in [5.74, 6) is 1.56. The fourth-order valence-electron chi connectivity index (χ4n) is 2.74. The molecule has 20 heavy (non-hydrogen) atoms. The molecule has 3 heteroatoms. The van der Waals surface area contributed by atoms with Gasteiger partial charge in [-0.2, -0.15) is 0 Å². The number of carbonyl (C=O) groups is 1. The number of piperidine rings is 1. The Morgan fingerprint density at radius 2 is 2.20 bits per heavy atom. The van der Waals surface area contributed by atoms with Gasteiger partial charge in [0.2, 0.25) is 0 Å². The Labute approximate surface area is 121 Å². The van der Waals surface area contributed by atoms with Gasteiger partial charge in [0.1, 0.15) is 5.75 Å². The maximum absolute atomic E-state index is 12.6. The van der Waals surface area contributed by atoms with E-state index < -0.39 is 0 Å². The first-order valence-corrected chi connectivity index (χ1v) is 7.63. The lowest BCUT2D eigenvalue weighted by atomic mass is 9.99. The monoisotopic (exact) mass is 275 g/mol. The molecule has 2 atom stereocenters. The van der Waals surface area contributed by atoms with E-state index in [1.807, 2.05) is 43.0 Å². The SMILES string of the molecule is CC[C@H](Oc1ccccc1C)C(=O)N1CCC[C@@H](C)C1. The predicted octanol–water partition coefficient (Wildman–Crippen LogP) is 3.41. The van der Waals surface area contributed by atoms with Gasteiger partial charge in [0, 0.05) is 13.1 Å². The van der Waals surface area contributed by atoms with Crippen LogP contribution in [0.1, 0.15) is 38.7 Å². The van der Waals surface area contributed by atoms with Crippen LogP contribution in [0.2, 0.25) is 0 Å². The summed E-state index contributed by atoms with van der Waals surface area (Å²) in [6.07, 6.45) is 2.67. The molecule has 1 aromatic rings. The molecule has 0 aromatic heterocycles. The quantitative estimate of drug-likeness (QED) is 0.842. The first-order chi connectivity index (χ1) is 9.61. The molecule has 1 aliphatic heterocycles. The second-order valence-corrected chi connectivity index (χ2v) is 5.81. The van der Waals surface area contributed by atoms with Gasteiger partial charge in [-0.1, -0.05) is 32.0 Å². The average molecular weight is 275 g/mol. The minimum Gasteiger partial charge on any atom is -0.480 e. The number of benzene rings is 1. The molecule has 0 aliphatic carbocycles. The summed E-state index contributed by atoms with van der Waals surface area (Å²) >= 11 is 0. The number of likely N-dealkylation sites (tertiary alicyclic amines) is 1. The molecular weight excluding hydrogens is 250 g/mol. The van der Waals surface area contributed by atoms with E-state index in [4.69, 9.17) is 4.74 Å². The zero-order valence-corrected chi connectivity index (χ0v) is 12.8. The molecule has 1 fully saturated rings. The van der Waals surface area contributed by atoms with Crippen LogP contribution in [0.4, 0.5) is 0 Å². The van der Waals surface area contributed by atoms with Gasteiger partial charge in [0.05, 0.1) is 0 Å². The molecule has 3 nitrogen and oxygen atoms in total. The summed E-state index contributed by atoms with van der Waals surface area (Å²) in [7, 11) is 0. The minimum atomic E-state index is -0.360. The zero-order chi connectivity index (χ0) is 14.5. The number of hydrogen-bond donors (Lipinski definition) is 0. The first kappa shape index (κ1) is 14.9. The highest BCUT2D eigenvalue weighted by Gasteiger charge is 2.28. The molecule has 1 aliphatic rings. The second kappa shape index (κ2) is 6.78. The molecule has 110 valence electrons. The van der Waals surface area contributed by atoms with Crippen molar-refractivity contribution in [2.24, 2.45) is 5.92 Å². The maximum atomic E-state index is 12.6. The molecule has 0 spiro atoms. The van der Waals surface area contributed by atoms with Gasteiger partial charge in [-0.15, -0.1) is 0 Å². The normalized spacial score (nSPS) is 20.6. The lowest BCUT2D eigenvalue weighted by Crippen LogP contribution is -2.46. The number of rotatable bonds is 4. The fourth-order valence-corrected chi connectivity index (χ4v) is 2.74. The van der Waals surface area contributed by atoms with Crippen molar-refractivity contribution in [3.63, 3.8) is 0 Å². The van der Waals surface area contributed by atoms with Crippen LogP contribution in [0.15, 0.2) is 24.3 Å². The number of carbonyl (C=O) groups excluding carboxylic acids is 1. The molecule has 0 N–H and O–H groups in total. The Morgan fingerprint density at radius 3 is 2.85 bits per heavy atom. The highest BCUT2D eigenvalue weighted by molar-refractivity contribution is 5.81. The van der Waals surface area contributed by atoms with E-state index in [0.717, 1.165) is 30.8 Å². The van der Waals surface area contributed by atoms with Crippen molar-refractivity contribution in [3.05, 3.63) is 29.8 Å². The standard InChI is InChI=1S/C17H25NO2/c1-4-15(20-16-10-6-5-9-14(16)3)17(19)18-11-7-8-13(2)12-18/h5-6,9-10,13,15H,4,7-8,11-12H2,1-3H3/t13-,15+/m1/s1. The van der Waals surface area contributed by atoms with E-state index >= 15 is 0 Å². The van der Waals surface area contributed by atoms with E-state index in [1.54, 1.807) is 0 Å². The Bertz CT molecular complexity index is 458. The molecule has 0 bridgehead atoms. The Kier molecular flexibility index (Phi) is 5.05. The van der Waals surface area contributed by atoms with Crippen molar-refractivity contribution in [3.8, 4) is 5.75 Å². The molecule has 2 rings (SSSR count). The summed E-state index contributed by atoms with van der Waals surface area (Å²) in [6.45, 7) is 7.97. The van der Waals surface area contributed by atoms with E-state index in [0.29, 0.717) is 12.3 Å². The summed E-state index contributed by atoms with van der Waals surface area (Å²) in [5.41, 5.74) is 1.07. The molecule has 0 radical (unpaired) electrons. The third kappa shape index (κ3) is 3.53. The Hall–Kier alpha value is -1.51. The van der Waals surface area contributed by atoms with Crippen molar-refractivity contribution in [2.75, 3.05) is 13.1 Å². The Morgan fingerprint density at radius 1 is 1.45 bits per heavy atom.